The summed E-state index contributed by atoms with van der Waals surface area (Å²) >= 11 is 0. The first-order valence-electron chi connectivity index (χ1n) is 19.6. The Morgan fingerprint density at radius 1 is 0.345 bits per heavy atom. The van der Waals surface area contributed by atoms with Crippen LogP contribution in [-0.4, -0.2) is 13.1 Å². The van der Waals surface area contributed by atoms with Gasteiger partial charge in [-0.2, -0.15) is 0 Å². The molecule has 7 aromatic rings. The maximum absolute atomic E-state index is 2.42. The van der Waals surface area contributed by atoms with E-state index >= 15 is 0 Å². The fourth-order valence-electron chi connectivity index (χ4n) is 7.62. The van der Waals surface area contributed by atoms with E-state index in [4.69, 9.17) is 0 Å². The molecule has 0 heterocycles. The fourth-order valence-corrected chi connectivity index (χ4v) is 7.62. The van der Waals surface area contributed by atoms with Gasteiger partial charge in [0.1, 0.15) is 0 Å². The minimum absolute atomic E-state index is 0.0493. The van der Waals surface area contributed by atoms with E-state index < -0.39 is 0 Å². The number of hydrogen-bond donors (Lipinski definition) is 0. The lowest BCUT2D eigenvalue weighted by Crippen LogP contribution is -2.22. The van der Waals surface area contributed by atoms with Crippen molar-refractivity contribution in [2.24, 2.45) is 0 Å². The third-order valence-electron chi connectivity index (χ3n) is 10.8. The lowest BCUT2D eigenvalue weighted by atomic mass is 9.82. The molecule has 0 saturated heterocycles. The van der Waals surface area contributed by atoms with E-state index in [0.29, 0.717) is 0 Å². The van der Waals surface area contributed by atoms with Crippen LogP contribution in [0.5, 0.6) is 0 Å². The molecule has 55 heavy (non-hydrogen) atoms. The van der Waals surface area contributed by atoms with Crippen molar-refractivity contribution in [1.82, 2.24) is 0 Å². The van der Waals surface area contributed by atoms with Gasteiger partial charge in [-0.05, 0) is 156 Å². The van der Waals surface area contributed by atoms with Gasteiger partial charge >= 0.3 is 0 Å². The summed E-state index contributed by atoms with van der Waals surface area (Å²) in [6.45, 7) is 17.3. The summed E-state index contributed by atoms with van der Waals surface area (Å²) < 4.78 is 0. The largest absolute Gasteiger partial charge is 0.372 e. The second kappa shape index (κ2) is 16.5. The second-order valence-electron chi connectivity index (χ2n) is 14.8. The zero-order valence-corrected chi connectivity index (χ0v) is 33.4. The molecule has 276 valence electrons. The van der Waals surface area contributed by atoms with Crippen molar-refractivity contribution < 1.29 is 0 Å². The van der Waals surface area contributed by atoms with Crippen molar-refractivity contribution in [1.29, 1.82) is 0 Å². The summed E-state index contributed by atoms with van der Waals surface area (Å²) in [5.41, 5.74) is 18.2. The molecule has 0 aliphatic rings. The highest BCUT2D eigenvalue weighted by atomic mass is 15.1. The predicted octanol–water partition coefficient (Wildman–Crippen LogP) is 14.2. The highest BCUT2D eigenvalue weighted by Crippen LogP contribution is 2.41. The van der Waals surface area contributed by atoms with E-state index in [2.05, 4.69) is 227 Å². The first-order valence-corrected chi connectivity index (χ1v) is 19.6. The van der Waals surface area contributed by atoms with Gasteiger partial charge in [0.25, 0.3) is 0 Å². The van der Waals surface area contributed by atoms with Gasteiger partial charge in [-0.1, -0.05) is 101 Å². The van der Waals surface area contributed by atoms with E-state index in [1.54, 1.807) is 0 Å². The Hall–Kier alpha value is -6.06. The van der Waals surface area contributed by atoms with Crippen LogP contribution in [0.1, 0.15) is 64.3 Å². The molecule has 0 aliphatic heterocycles. The zero-order chi connectivity index (χ0) is 38.5. The van der Waals surface area contributed by atoms with E-state index in [9.17, 15) is 0 Å². The Bertz CT molecular complexity index is 2070. The molecule has 0 aromatic heterocycles. The topological polar surface area (TPSA) is 9.72 Å². The SMILES string of the molecule is CCN(CC)c1ccc(C(c2ccc(N(c3ccc(C)cc3)c3ccc(C)cc3)cc2)c2ccc(N(c3ccc(C)cc3)c3ccc(C)cc3)cc2)c(C)c1. The van der Waals surface area contributed by atoms with Gasteiger partial charge in [-0.25, -0.2) is 0 Å². The van der Waals surface area contributed by atoms with Crippen molar-refractivity contribution in [3.05, 3.63) is 208 Å². The van der Waals surface area contributed by atoms with Crippen molar-refractivity contribution in [2.75, 3.05) is 27.8 Å². The maximum atomic E-state index is 2.42. The smallest absolute Gasteiger partial charge is 0.0461 e. The molecule has 0 bridgehead atoms. The third-order valence-corrected chi connectivity index (χ3v) is 10.8. The Labute approximate surface area is 329 Å². The molecule has 0 N–H and O–H groups in total. The van der Waals surface area contributed by atoms with E-state index in [1.165, 1.54) is 50.2 Å². The molecule has 0 unspecified atom stereocenters. The molecule has 0 aliphatic carbocycles. The van der Waals surface area contributed by atoms with Gasteiger partial charge in [0, 0.05) is 58.8 Å². The minimum Gasteiger partial charge on any atom is -0.372 e. The lowest BCUT2D eigenvalue weighted by molar-refractivity contribution is 0.863. The molecule has 3 heteroatoms. The molecule has 0 amide bonds. The van der Waals surface area contributed by atoms with Gasteiger partial charge in [0.05, 0.1) is 0 Å². The monoisotopic (exact) mass is 719 g/mol. The number of rotatable bonds is 12. The fraction of sp³-hybridized carbons (Fsp3) is 0.192. The summed E-state index contributed by atoms with van der Waals surface area (Å²) in [4.78, 5) is 7.12. The third kappa shape index (κ3) is 8.22. The second-order valence-corrected chi connectivity index (χ2v) is 14.8. The molecule has 3 nitrogen and oxygen atoms in total. The first-order chi connectivity index (χ1) is 26.7. The van der Waals surface area contributed by atoms with E-state index in [1.807, 2.05) is 0 Å². The van der Waals surface area contributed by atoms with Crippen LogP contribution in [0.15, 0.2) is 164 Å². The first kappa shape index (κ1) is 37.3. The van der Waals surface area contributed by atoms with Crippen LogP contribution in [0.4, 0.5) is 39.8 Å². The van der Waals surface area contributed by atoms with Crippen LogP contribution in [0.3, 0.4) is 0 Å². The van der Waals surface area contributed by atoms with Crippen molar-refractivity contribution in [3.63, 3.8) is 0 Å². The van der Waals surface area contributed by atoms with Crippen molar-refractivity contribution in [2.45, 2.75) is 54.4 Å². The van der Waals surface area contributed by atoms with Crippen LogP contribution in [-0.2, 0) is 0 Å². The Morgan fingerprint density at radius 2 is 0.618 bits per heavy atom. The minimum atomic E-state index is 0.0493. The maximum Gasteiger partial charge on any atom is 0.0461 e. The van der Waals surface area contributed by atoms with Gasteiger partial charge < -0.3 is 14.7 Å². The Morgan fingerprint density at radius 3 is 0.891 bits per heavy atom. The molecule has 0 fully saturated rings. The number of nitrogens with zero attached hydrogens (tertiary/aromatic N) is 3. The highest BCUT2D eigenvalue weighted by molar-refractivity contribution is 5.78. The zero-order valence-electron chi connectivity index (χ0n) is 33.4. The number of aryl methyl sites for hydroxylation is 5. The van der Waals surface area contributed by atoms with Crippen LogP contribution in [0.2, 0.25) is 0 Å². The molecular weight excluding hydrogens is 667 g/mol. The quantitative estimate of drug-likeness (QED) is 0.116. The molecule has 0 spiro atoms. The number of benzene rings is 7. The van der Waals surface area contributed by atoms with Gasteiger partial charge in [0.2, 0.25) is 0 Å². The van der Waals surface area contributed by atoms with E-state index in [-0.39, 0.29) is 5.92 Å². The van der Waals surface area contributed by atoms with Gasteiger partial charge in [-0.3, -0.25) is 0 Å². The standard InChI is InChI=1S/C52H53N3/c1-8-53(9-2)50-34-35-51(41(7)36-50)52(42-18-30-48(31-19-42)54(44-22-10-37(3)11-23-44)45-24-12-38(4)13-25-45)43-20-32-49(33-21-43)55(46-26-14-39(5)15-27-46)47-28-16-40(6)17-29-47/h10-36,52H,8-9H2,1-7H3. The summed E-state index contributed by atoms with van der Waals surface area (Å²) in [6.07, 6.45) is 0. The van der Waals surface area contributed by atoms with Crippen molar-refractivity contribution in [3.8, 4) is 0 Å². The Kier molecular flexibility index (Phi) is 11.2. The van der Waals surface area contributed by atoms with Crippen LogP contribution in [0, 0.1) is 34.6 Å². The Balaban J connectivity index is 1.32. The average molecular weight is 720 g/mol. The van der Waals surface area contributed by atoms with Crippen molar-refractivity contribution >= 4 is 39.8 Å². The normalized spacial score (nSPS) is 11.1. The summed E-state index contributed by atoms with van der Waals surface area (Å²) in [5.74, 6) is 0.0493. The highest BCUT2D eigenvalue weighted by Gasteiger charge is 2.22. The average Bonchev–Trinajstić information content (AvgIpc) is 3.20. The lowest BCUT2D eigenvalue weighted by Gasteiger charge is -2.28. The molecule has 0 saturated carbocycles. The van der Waals surface area contributed by atoms with Gasteiger partial charge in [-0.15, -0.1) is 0 Å². The molecular formula is C52H53N3. The summed E-state index contributed by atoms with van der Waals surface area (Å²) in [5, 5.41) is 0. The molecule has 7 rings (SSSR count). The summed E-state index contributed by atoms with van der Waals surface area (Å²) in [6, 6.07) is 60.7. The number of anilines is 7. The number of hydrogen-bond acceptors (Lipinski definition) is 3. The predicted molar refractivity (Wildman–Crippen MR) is 237 cm³/mol. The van der Waals surface area contributed by atoms with E-state index in [0.717, 1.165) is 47.2 Å². The molecule has 0 atom stereocenters. The van der Waals surface area contributed by atoms with Gasteiger partial charge in [0.15, 0.2) is 0 Å². The molecule has 0 radical (unpaired) electrons. The molecule has 7 aromatic carbocycles. The van der Waals surface area contributed by atoms with Crippen LogP contribution >= 0.6 is 0 Å². The van der Waals surface area contributed by atoms with Crippen LogP contribution in [0.25, 0.3) is 0 Å². The summed E-state index contributed by atoms with van der Waals surface area (Å²) in [7, 11) is 0. The van der Waals surface area contributed by atoms with Crippen LogP contribution < -0.4 is 14.7 Å².